The molecule has 0 amide bonds. The maximum absolute atomic E-state index is 10.1. The molecule has 2 aromatic rings. The Balaban J connectivity index is 2.12. The fourth-order valence-corrected chi connectivity index (χ4v) is 1.94. The molecule has 0 saturated heterocycles. The maximum Gasteiger partial charge on any atom is 0.229 e. The van der Waals surface area contributed by atoms with Crippen LogP contribution < -0.4 is 0 Å². The largest absolute Gasteiger partial charge is 0.392 e. The van der Waals surface area contributed by atoms with Gasteiger partial charge in [-0.2, -0.15) is 4.98 Å². The topological polar surface area (TPSA) is 59.2 Å². The zero-order valence-electron chi connectivity index (χ0n) is 13.4. The van der Waals surface area contributed by atoms with Gasteiger partial charge in [0.25, 0.3) is 0 Å². The molecule has 114 valence electrons. The Labute approximate surface area is 126 Å². The van der Waals surface area contributed by atoms with Crippen molar-refractivity contribution in [2.24, 2.45) is 5.41 Å². The fraction of sp³-hybridized carbons (Fsp3) is 0.529. The summed E-state index contributed by atoms with van der Waals surface area (Å²) in [5.74, 6) is 1.54. The number of aliphatic hydroxyl groups is 1. The van der Waals surface area contributed by atoms with E-state index in [9.17, 15) is 5.11 Å². The van der Waals surface area contributed by atoms with Gasteiger partial charge in [0.05, 0.1) is 12.5 Å². The van der Waals surface area contributed by atoms with E-state index in [-0.39, 0.29) is 5.41 Å². The second-order valence-electron chi connectivity index (χ2n) is 6.87. The van der Waals surface area contributed by atoms with Crippen molar-refractivity contribution >= 4 is 0 Å². The van der Waals surface area contributed by atoms with Gasteiger partial charge in [-0.1, -0.05) is 64.0 Å². The van der Waals surface area contributed by atoms with Gasteiger partial charge in [-0.15, -0.1) is 0 Å². The summed E-state index contributed by atoms with van der Waals surface area (Å²) in [6.07, 6.45) is -0.130. The molecule has 1 heterocycles. The van der Waals surface area contributed by atoms with E-state index in [1.807, 2.05) is 32.9 Å². The van der Waals surface area contributed by atoms with Crippen molar-refractivity contribution in [3.05, 3.63) is 35.7 Å². The van der Waals surface area contributed by atoms with Crippen molar-refractivity contribution < 1.29 is 9.63 Å². The number of rotatable bonds is 4. The summed E-state index contributed by atoms with van der Waals surface area (Å²) in [6, 6.07) is 8.17. The predicted octanol–water partition coefficient (Wildman–Crippen LogP) is 3.81. The molecule has 2 rings (SSSR count). The number of nitrogens with zero attached hydrogens (tertiary/aromatic N) is 2. The highest BCUT2D eigenvalue weighted by molar-refractivity contribution is 5.54. The third-order valence-corrected chi connectivity index (χ3v) is 3.67. The van der Waals surface area contributed by atoms with Gasteiger partial charge in [-0.25, -0.2) is 0 Å². The molecule has 21 heavy (non-hydrogen) atoms. The summed E-state index contributed by atoms with van der Waals surface area (Å²) in [6.45, 7) is 10.3. The molecule has 0 radical (unpaired) electrons. The van der Waals surface area contributed by atoms with Crippen LogP contribution in [0.1, 0.15) is 52.0 Å². The molecule has 1 N–H and O–H groups in total. The van der Waals surface area contributed by atoms with E-state index in [2.05, 4.69) is 36.1 Å². The number of aromatic nitrogens is 2. The first-order chi connectivity index (χ1) is 9.77. The molecule has 4 heteroatoms. The van der Waals surface area contributed by atoms with Crippen molar-refractivity contribution in [2.75, 3.05) is 0 Å². The summed E-state index contributed by atoms with van der Waals surface area (Å²) in [5.41, 5.74) is 2.01. The lowest BCUT2D eigenvalue weighted by molar-refractivity contribution is 0.0565. The average Bonchev–Trinajstić information content (AvgIpc) is 2.86. The Bertz CT molecular complexity index is 580. The maximum atomic E-state index is 10.1. The molecule has 0 fully saturated rings. The minimum Gasteiger partial charge on any atom is -0.392 e. The highest BCUT2D eigenvalue weighted by Crippen LogP contribution is 2.24. The van der Waals surface area contributed by atoms with Crippen LogP contribution in [0.25, 0.3) is 11.4 Å². The summed E-state index contributed by atoms with van der Waals surface area (Å²) in [5, 5.41) is 14.1. The predicted molar refractivity (Wildman–Crippen MR) is 83.0 cm³/mol. The van der Waals surface area contributed by atoms with E-state index in [0.29, 0.717) is 24.1 Å². The molecule has 0 bridgehead atoms. The van der Waals surface area contributed by atoms with Crippen molar-refractivity contribution in [3.8, 4) is 11.4 Å². The van der Waals surface area contributed by atoms with E-state index in [1.165, 1.54) is 5.56 Å². The standard InChI is InChI=1S/C17H24N2O2/c1-11(2)12-6-8-13(9-7-12)16-18-15(21-19-16)10-14(20)17(3,4)5/h6-9,11,14,20H,10H2,1-5H3. The van der Waals surface area contributed by atoms with Crippen LogP contribution in [0, 0.1) is 5.41 Å². The molecule has 1 aromatic heterocycles. The van der Waals surface area contributed by atoms with Gasteiger partial charge < -0.3 is 9.63 Å². The lowest BCUT2D eigenvalue weighted by Crippen LogP contribution is -2.28. The molecule has 0 aliphatic heterocycles. The lowest BCUT2D eigenvalue weighted by Gasteiger charge is -2.24. The Hall–Kier alpha value is -1.68. The number of benzene rings is 1. The van der Waals surface area contributed by atoms with Crippen LogP contribution in [0.2, 0.25) is 0 Å². The third kappa shape index (κ3) is 3.91. The van der Waals surface area contributed by atoms with Gasteiger partial charge in [0, 0.05) is 5.56 Å². The van der Waals surface area contributed by atoms with Gasteiger partial charge in [0.2, 0.25) is 11.7 Å². The third-order valence-electron chi connectivity index (χ3n) is 3.67. The highest BCUT2D eigenvalue weighted by atomic mass is 16.5. The number of aliphatic hydroxyl groups excluding tert-OH is 1. The van der Waals surface area contributed by atoms with Crippen molar-refractivity contribution in [2.45, 2.75) is 53.1 Å². The van der Waals surface area contributed by atoms with E-state index in [4.69, 9.17) is 4.52 Å². The Kier molecular flexibility index (Phi) is 4.47. The molecule has 4 nitrogen and oxygen atoms in total. The normalized spacial score (nSPS) is 13.7. The first-order valence-corrected chi connectivity index (χ1v) is 7.38. The quantitative estimate of drug-likeness (QED) is 0.929. The van der Waals surface area contributed by atoms with Gasteiger partial charge >= 0.3 is 0 Å². The van der Waals surface area contributed by atoms with Crippen LogP contribution in [-0.2, 0) is 6.42 Å². The summed E-state index contributed by atoms with van der Waals surface area (Å²) < 4.78 is 5.24. The molecule has 0 aliphatic carbocycles. The molecular formula is C17H24N2O2. The molecule has 1 unspecified atom stereocenters. The molecular weight excluding hydrogens is 264 g/mol. The monoisotopic (exact) mass is 288 g/mol. The van der Waals surface area contributed by atoms with E-state index >= 15 is 0 Å². The lowest BCUT2D eigenvalue weighted by atomic mass is 9.87. The number of hydrogen-bond donors (Lipinski definition) is 1. The second kappa shape index (κ2) is 5.98. The SMILES string of the molecule is CC(C)c1ccc(-c2noc(CC(O)C(C)(C)C)n2)cc1. The first-order valence-electron chi connectivity index (χ1n) is 7.38. The van der Waals surface area contributed by atoms with E-state index < -0.39 is 6.10 Å². The second-order valence-corrected chi connectivity index (χ2v) is 6.87. The van der Waals surface area contributed by atoms with Crippen LogP contribution in [0.5, 0.6) is 0 Å². The molecule has 1 atom stereocenters. The molecule has 0 aliphatic rings. The van der Waals surface area contributed by atoms with Crippen LogP contribution in [-0.4, -0.2) is 21.4 Å². The van der Waals surface area contributed by atoms with Crippen molar-refractivity contribution in [3.63, 3.8) is 0 Å². The smallest absolute Gasteiger partial charge is 0.229 e. The Morgan fingerprint density at radius 2 is 1.76 bits per heavy atom. The number of hydrogen-bond acceptors (Lipinski definition) is 4. The molecule has 0 spiro atoms. The average molecular weight is 288 g/mol. The summed E-state index contributed by atoms with van der Waals surface area (Å²) in [4.78, 5) is 4.37. The minimum atomic E-state index is -0.505. The zero-order chi connectivity index (χ0) is 15.6. The van der Waals surface area contributed by atoms with Crippen LogP contribution in [0.3, 0.4) is 0 Å². The van der Waals surface area contributed by atoms with E-state index in [1.54, 1.807) is 0 Å². The minimum absolute atomic E-state index is 0.201. The zero-order valence-corrected chi connectivity index (χ0v) is 13.4. The van der Waals surface area contributed by atoms with Gasteiger partial charge in [-0.05, 0) is 16.9 Å². The van der Waals surface area contributed by atoms with Crippen LogP contribution in [0.15, 0.2) is 28.8 Å². The summed E-state index contributed by atoms with van der Waals surface area (Å²) >= 11 is 0. The van der Waals surface area contributed by atoms with Gasteiger partial charge in [0.1, 0.15) is 0 Å². The Morgan fingerprint density at radius 1 is 1.14 bits per heavy atom. The van der Waals surface area contributed by atoms with Gasteiger partial charge in [-0.3, -0.25) is 0 Å². The summed E-state index contributed by atoms with van der Waals surface area (Å²) in [7, 11) is 0. The Morgan fingerprint density at radius 3 is 2.29 bits per heavy atom. The van der Waals surface area contributed by atoms with Gasteiger partial charge in [0.15, 0.2) is 0 Å². The van der Waals surface area contributed by atoms with Crippen LogP contribution >= 0.6 is 0 Å². The highest BCUT2D eigenvalue weighted by Gasteiger charge is 2.24. The van der Waals surface area contributed by atoms with E-state index in [0.717, 1.165) is 5.56 Å². The van der Waals surface area contributed by atoms with Crippen molar-refractivity contribution in [1.82, 2.24) is 10.1 Å². The fourth-order valence-electron chi connectivity index (χ4n) is 1.94. The van der Waals surface area contributed by atoms with Crippen molar-refractivity contribution in [1.29, 1.82) is 0 Å². The molecule has 1 aromatic carbocycles. The molecule has 0 saturated carbocycles. The van der Waals surface area contributed by atoms with Crippen LogP contribution in [0.4, 0.5) is 0 Å². The first kappa shape index (κ1) is 15.7.